The van der Waals surface area contributed by atoms with E-state index in [1.54, 1.807) is 6.20 Å². The number of carbonyl (C=O) groups is 1. The third kappa shape index (κ3) is 3.03. The van der Waals surface area contributed by atoms with Gasteiger partial charge in [0.25, 0.3) is 0 Å². The topological polar surface area (TPSA) is 83.0 Å². The number of nitrogens with zero attached hydrogens (tertiary/aromatic N) is 1. The SMILES string of the molecule is O=C1CCCc2cc(NCc3ccc(-c4ccn[nH]4)o3)ccc2N1. The molecule has 0 spiro atoms. The fourth-order valence-corrected chi connectivity index (χ4v) is 2.88. The van der Waals surface area contributed by atoms with E-state index in [1.165, 1.54) is 5.56 Å². The fraction of sp³-hybridized carbons (Fsp3) is 0.222. The Hall–Kier alpha value is -3.02. The van der Waals surface area contributed by atoms with Crippen molar-refractivity contribution in [1.82, 2.24) is 10.2 Å². The second-order valence-electron chi connectivity index (χ2n) is 5.86. The Morgan fingerprint density at radius 3 is 3.00 bits per heavy atom. The average Bonchev–Trinajstić information content (AvgIpc) is 3.22. The fourth-order valence-electron chi connectivity index (χ4n) is 2.88. The van der Waals surface area contributed by atoms with E-state index in [0.717, 1.165) is 41.4 Å². The summed E-state index contributed by atoms with van der Waals surface area (Å²) >= 11 is 0. The van der Waals surface area contributed by atoms with Gasteiger partial charge in [-0.05, 0) is 54.8 Å². The maximum atomic E-state index is 11.6. The number of hydrogen-bond donors (Lipinski definition) is 3. The first-order valence-corrected chi connectivity index (χ1v) is 8.03. The summed E-state index contributed by atoms with van der Waals surface area (Å²) in [6.07, 6.45) is 4.08. The van der Waals surface area contributed by atoms with E-state index in [1.807, 2.05) is 30.3 Å². The Morgan fingerprint density at radius 2 is 2.12 bits per heavy atom. The summed E-state index contributed by atoms with van der Waals surface area (Å²) in [4.78, 5) is 11.6. The number of rotatable bonds is 4. The molecular weight excluding hydrogens is 304 g/mol. The molecule has 0 fully saturated rings. The van der Waals surface area contributed by atoms with Crippen LogP contribution >= 0.6 is 0 Å². The van der Waals surface area contributed by atoms with Crippen molar-refractivity contribution >= 4 is 17.3 Å². The van der Waals surface area contributed by atoms with Crippen LogP contribution in [0, 0.1) is 0 Å². The summed E-state index contributed by atoms with van der Waals surface area (Å²) in [6.45, 7) is 0.597. The number of amides is 1. The summed E-state index contributed by atoms with van der Waals surface area (Å²) in [5.74, 6) is 1.72. The predicted molar refractivity (Wildman–Crippen MR) is 91.6 cm³/mol. The Kier molecular flexibility index (Phi) is 3.78. The molecule has 6 nitrogen and oxygen atoms in total. The molecule has 0 radical (unpaired) electrons. The second kappa shape index (κ2) is 6.23. The lowest BCUT2D eigenvalue weighted by atomic mass is 10.1. The molecule has 2 aromatic heterocycles. The molecule has 0 saturated carbocycles. The molecule has 122 valence electrons. The van der Waals surface area contributed by atoms with Crippen LogP contribution in [-0.2, 0) is 17.8 Å². The van der Waals surface area contributed by atoms with Crippen LogP contribution in [0.25, 0.3) is 11.5 Å². The number of aromatic nitrogens is 2. The molecule has 3 N–H and O–H groups in total. The van der Waals surface area contributed by atoms with Gasteiger partial charge < -0.3 is 15.1 Å². The molecule has 0 saturated heterocycles. The number of fused-ring (bicyclic) bond motifs is 1. The largest absolute Gasteiger partial charge is 0.458 e. The lowest BCUT2D eigenvalue weighted by molar-refractivity contribution is -0.116. The summed E-state index contributed by atoms with van der Waals surface area (Å²) in [5, 5.41) is 13.1. The van der Waals surface area contributed by atoms with Crippen molar-refractivity contribution in [2.24, 2.45) is 0 Å². The zero-order valence-electron chi connectivity index (χ0n) is 13.1. The first kappa shape index (κ1) is 14.6. The Bertz CT molecular complexity index is 852. The number of carbonyl (C=O) groups excluding carboxylic acids is 1. The lowest BCUT2D eigenvalue weighted by Gasteiger charge is -2.10. The van der Waals surface area contributed by atoms with Gasteiger partial charge in [-0.1, -0.05) is 0 Å². The van der Waals surface area contributed by atoms with Crippen LogP contribution in [0.15, 0.2) is 47.0 Å². The highest BCUT2D eigenvalue weighted by Crippen LogP contribution is 2.26. The molecule has 4 rings (SSSR count). The number of H-pyrrole nitrogens is 1. The minimum Gasteiger partial charge on any atom is -0.458 e. The number of furan rings is 1. The van der Waals surface area contributed by atoms with Crippen LogP contribution in [0.1, 0.15) is 24.2 Å². The van der Waals surface area contributed by atoms with Crippen molar-refractivity contribution < 1.29 is 9.21 Å². The van der Waals surface area contributed by atoms with Gasteiger partial charge in [0.05, 0.1) is 6.54 Å². The molecule has 3 heterocycles. The third-order valence-corrected chi connectivity index (χ3v) is 4.12. The van der Waals surface area contributed by atoms with Crippen LogP contribution in [0.3, 0.4) is 0 Å². The van der Waals surface area contributed by atoms with E-state index in [9.17, 15) is 4.79 Å². The van der Waals surface area contributed by atoms with Crippen LogP contribution in [0.4, 0.5) is 11.4 Å². The van der Waals surface area contributed by atoms with Gasteiger partial charge in [0, 0.05) is 24.0 Å². The summed E-state index contributed by atoms with van der Waals surface area (Å²) in [6, 6.07) is 11.8. The molecule has 1 amide bonds. The van der Waals surface area contributed by atoms with E-state index >= 15 is 0 Å². The van der Waals surface area contributed by atoms with Gasteiger partial charge in [-0.15, -0.1) is 0 Å². The molecule has 0 aliphatic carbocycles. The number of nitrogens with one attached hydrogen (secondary N) is 3. The van der Waals surface area contributed by atoms with Crippen LogP contribution in [0.2, 0.25) is 0 Å². The molecule has 1 aliphatic rings. The van der Waals surface area contributed by atoms with Gasteiger partial charge in [-0.3, -0.25) is 9.89 Å². The van der Waals surface area contributed by atoms with E-state index in [2.05, 4.69) is 26.9 Å². The minimum absolute atomic E-state index is 0.0939. The molecule has 3 aromatic rings. The summed E-state index contributed by atoms with van der Waals surface area (Å²) in [7, 11) is 0. The Labute approximate surface area is 139 Å². The van der Waals surface area contributed by atoms with Crippen LogP contribution in [-0.4, -0.2) is 16.1 Å². The third-order valence-electron chi connectivity index (χ3n) is 4.12. The minimum atomic E-state index is 0.0939. The zero-order chi connectivity index (χ0) is 16.4. The van der Waals surface area contributed by atoms with Crippen molar-refractivity contribution in [3.05, 3.63) is 53.9 Å². The highest BCUT2D eigenvalue weighted by molar-refractivity contribution is 5.92. The van der Waals surface area contributed by atoms with Gasteiger partial charge in [0.1, 0.15) is 11.5 Å². The van der Waals surface area contributed by atoms with Gasteiger partial charge in [0.15, 0.2) is 5.76 Å². The van der Waals surface area contributed by atoms with Crippen molar-refractivity contribution in [3.63, 3.8) is 0 Å². The summed E-state index contributed by atoms with van der Waals surface area (Å²) in [5.41, 5.74) is 3.97. The number of aromatic amines is 1. The van der Waals surface area contributed by atoms with E-state index in [4.69, 9.17) is 4.42 Å². The Balaban J connectivity index is 1.45. The monoisotopic (exact) mass is 322 g/mol. The highest BCUT2D eigenvalue weighted by Gasteiger charge is 2.13. The molecule has 6 heteroatoms. The van der Waals surface area contributed by atoms with Gasteiger partial charge in [-0.25, -0.2) is 0 Å². The number of benzene rings is 1. The van der Waals surface area contributed by atoms with Crippen LogP contribution in [0.5, 0.6) is 0 Å². The van der Waals surface area contributed by atoms with Gasteiger partial charge >= 0.3 is 0 Å². The van der Waals surface area contributed by atoms with Crippen molar-refractivity contribution in [1.29, 1.82) is 0 Å². The normalized spacial score (nSPS) is 13.9. The predicted octanol–water partition coefficient (Wildman–Crippen LogP) is 3.56. The quantitative estimate of drug-likeness (QED) is 0.686. The highest BCUT2D eigenvalue weighted by atomic mass is 16.3. The lowest BCUT2D eigenvalue weighted by Crippen LogP contribution is -2.09. The smallest absolute Gasteiger partial charge is 0.224 e. The first-order valence-electron chi connectivity index (χ1n) is 8.03. The zero-order valence-corrected chi connectivity index (χ0v) is 13.1. The number of anilines is 2. The number of aryl methyl sites for hydroxylation is 1. The van der Waals surface area contributed by atoms with Gasteiger partial charge in [-0.2, -0.15) is 5.10 Å². The van der Waals surface area contributed by atoms with Gasteiger partial charge in [0.2, 0.25) is 5.91 Å². The molecule has 24 heavy (non-hydrogen) atoms. The van der Waals surface area contributed by atoms with Crippen molar-refractivity contribution in [3.8, 4) is 11.5 Å². The maximum absolute atomic E-state index is 11.6. The molecule has 0 bridgehead atoms. The molecule has 0 unspecified atom stereocenters. The Morgan fingerprint density at radius 1 is 1.17 bits per heavy atom. The summed E-state index contributed by atoms with van der Waals surface area (Å²) < 4.78 is 5.81. The second-order valence-corrected chi connectivity index (χ2v) is 5.86. The molecular formula is C18H18N4O2. The molecule has 0 atom stereocenters. The van der Waals surface area contributed by atoms with Crippen molar-refractivity contribution in [2.75, 3.05) is 10.6 Å². The van der Waals surface area contributed by atoms with E-state index in [-0.39, 0.29) is 5.91 Å². The molecule has 1 aromatic carbocycles. The van der Waals surface area contributed by atoms with E-state index in [0.29, 0.717) is 13.0 Å². The van der Waals surface area contributed by atoms with Crippen LogP contribution < -0.4 is 10.6 Å². The average molecular weight is 322 g/mol. The van der Waals surface area contributed by atoms with Crippen molar-refractivity contribution in [2.45, 2.75) is 25.8 Å². The first-order chi connectivity index (χ1) is 11.8. The number of hydrogen-bond acceptors (Lipinski definition) is 4. The standard InChI is InChI=1S/C18H18N4O2/c23-18-3-1-2-12-10-13(4-6-15(12)21-18)19-11-14-5-7-17(24-14)16-8-9-20-22-16/h4-10,19H,1-3,11H2,(H,20,22)(H,21,23). The molecule has 1 aliphatic heterocycles. The maximum Gasteiger partial charge on any atom is 0.224 e. The van der Waals surface area contributed by atoms with E-state index < -0.39 is 0 Å².